The molecular weight excluding hydrogens is 446 g/mol. The lowest BCUT2D eigenvalue weighted by molar-refractivity contribution is -0.121. The zero-order valence-corrected chi connectivity index (χ0v) is 20.4. The number of aliphatic hydroxyl groups excluding tert-OH is 1. The summed E-state index contributed by atoms with van der Waals surface area (Å²) >= 11 is 0. The molecule has 2 bridgehead atoms. The normalized spacial score (nSPS) is 18.0. The Hall–Kier alpha value is -3.21. The van der Waals surface area contributed by atoms with Crippen molar-refractivity contribution in [1.29, 1.82) is 0 Å². The highest BCUT2D eigenvalue weighted by Gasteiger charge is 2.24. The highest BCUT2D eigenvalue weighted by molar-refractivity contribution is 5.79. The fraction of sp³-hybridized carbons (Fsp3) is 0.464. The Balaban J connectivity index is 1.82. The summed E-state index contributed by atoms with van der Waals surface area (Å²) in [6.07, 6.45) is 3.51. The van der Waals surface area contributed by atoms with E-state index in [1.165, 1.54) is 7.11 Å². The molecule has 4 rings (SSSR count). The number of rotatable bonds is 4. The van der Waals surface area contributed by atoms with Crippen molar-refractivity contribution in [3.8, 4) is 34.8 Å². The van der Waals surface area contributed by atoms with Crippen molar-refractivity contribution >= 4 is 5.78 Å². The molecule has 3 N–H and O–H groups in total. The molecule has 1 atom stereocenters. The molecule has 0 fully saturated rings. The lowest BCUT2D eigenvalue weighted by Gasteiger charge is -2.25. The summed E-state index contributed by atoms with van der Waals surface area (Å²) in [4.78, 5) is 12.6. The molecule has 0 amide bonds. The summed E-state index contributed by atoms with van der Waals surface area (Å²) in [6.45, 7) is 0.958. The van der Waals surface area contributed by atoms with Crippen molar-refractivity contribution in [3.05, 3.63) is 46.0 Å². The van der Waals surface area contributed by atoms with Gasteiger partial charge in [-0.15, -0.1) is 0 Å². The third kappa shape index (κ3) is 5.72. The smallest absolute Gasteiger partial charge is 0.176 e. The van der Waals surface area contributed by atoms with Gasteiger partial charge < -0.3 is 24.4 Å². The number of aromatic hydroxyl groups is 1. The van der Waals surface area contributed by atoms with Gasteiger partial charge in [0.25, 0.3) is 0 Å². The lowest BCUT2D eigenvalue weighted by atomic mass is 9.91. The summed E-state index contributed by atoms with van der Waals surface area (Å²) in [5, 5.41) is 23.9. The Kier molecular flexibility index (Phi) is 8.17. The third-order valence-electron chi connectivity index (χ3n) is 6.49. The van der Waals surface area contributed by atoms with Gasteiger partial charge in [-0.05, 0) is 56.3 Å². The van der Waals surface area contributed by atoms with Gasteiger partial charge in [-0.25, -0.2) is 0 Å². The SMILES string of the molecule is CNCOc1c2cc(c3c1OCCC3)CCC(O)CC(=O)CCc1ccc(O)c(OC)c1C#CC2. The maximum atomic E-state index is 12.6. The van der Waals surface area contributed by atoms with Crippen molar-refractivity contribution in [3.63, 3.8) is 0 Å². The Labute approximate surface area is 206 Å². The van der Waals surface area contributed by atoms with E-state index in [0.717, 1.165) is 40.8 Å². The molecule has 0 saturated carbocycles. The number of carbonyl (C=O) groups is 1. The lowest BCUT2D eigenvalue weighted by Crippen LogP contribution is -2.19. The van der Waals surface area contributed by atoms with E-state index in [4.69, 9.17) is 14.2 Å². The van der Waals surface area contributed by atoms with Crippen LogP contribution in [0.3, 0.4) is 0 Å². The number of aliphatic hydroxyl groups is 1. The first-order valence-corrected chi connectivity index (χ1v) is 12.2. The van der Waals surface area contributed by atoms with Gasteiger partial charge in [0.1, 0.15) is 12.5 Å². The first kappa shape index (κ1) is 24.9. The molecule has 35 heavy (non-hydrogen) atoms. The number of methoxy groups -OCH3 is 1. The average molecular weight is 480 g/mol. The minimum atomic E-state index is -0.707. The zero-order chi connectivity index (χ0) is 24.8. The molecule has 2 aromatic rings. The number of fused-ring (bicyclic) bond motifs is 5. The van der Waals surface area contributed by atoms with Gasteiger partial charge >= 0.3 is 0 Å². The number of ether oxygens (including phenoxy) is 3. The van der Waals surface area contributed by atoms with Crippen molar-refractivity contribution < 1.29 is 29.2 Å². The van der Waals surface area contributed by atoms with E-state index in [-0.39, 0.29) is 18.0 Å². The van der Waals surface area contributed by atoms with Crippen molar-refractivity contribution in [2.24, 2.45) is 0 Å². The molecule has 1 aliphatic carbocycles. The van der Waals surface area contributed by atoms with Crippen LogP contribution in [0.4, 0.5) is 0 Å². The van der Waals surface area contributed by atoms with Gasteiger partial charge in [0, 0.05) is 30.4 Å². The standard InChI is InChI=1S/C28H33NO6/c1-29-17-35-26-20-5-3-6-23-18(10-13-25(32)27(23)33-2)8-11-21(30)16-22(31)12-9-19(15-20)24-7-4-14-34-28(24)26/h10,13,15,22,29,31-32H,4-5,7-9,11-12,14,16-17H2,1-2H3. The first-order valence-electron chi connectivity index (χ1n) is 12.2. The number of aryl methyl sites for hydroxylation is 2. The largest absolute Gasteiger partial charge is 0.504 e. The number of carbonyl (C=O) groups excluding carboxylic acids is 1. The third-order valence-corrected chi connectivity index (χ3v) is 6.49. The maximum Gasteiger partial charge on any atom is 0.176 e. The second kappa shape index (κ2) is 11.5. The van der Waals surface area contributed by atoms with Crippen LogP contribution < -0.4 is 19.5 Å². The van der Waals surface area contributed by atoms with Gasteiger partial charge in [0.2, 0.25) is 0 Å². The number of phenolic OH excluding ortho intramolecular Hbond substituents is 1. The number of nitrogens with one attached hydrogen (secondary N) is 1. The van der Waals surface area contributed by atoms with Gasteiger partial charge in [0.15, 0.2) is 23.0 Å². The second-order valence-electron chi connectivity index (χ2n) is 8.99. The average Bonchev–Trinajstić information content (AvgIpc) is 2.86. The highest BCUT2D eigenvalue weighted by atomic mass is 16.5. The van der Waals surface area contributed by atoms with Gasteiger partial charge in [-0.2, -0.15) is 0 Å². The molecule has 1 unspecified atom stereocenters. The molecule has 186 valence electrons. The van der Waals surface area contributed by atoms with Crippen LogP contribution in [0, 0.1) is 11.8 Å². The Morgan fingerprint density at radius 2 is 2.00 bits per heavy atom. The fourth-order valence-corrected chi connectivity index (χ4v) is 4.75. The van der Waals surface area contributed by atoms with E-state index >= 15 is 0 Å². The predicted octanol–water partition coefficient (Wildman–Crippen LogP) is 3.07. The Bertz CT molecular complexity index is 1150. The highest BCUT2D eigenvalue weighted by Crippen LogP contribution is 2.41. The number of phenols is 1. The van der Waals surface area contributed by atoms with Crippen molar-refractivity contribution in [1.82, 2.24) is 5.32 Å². The summed E-state index contributed by atoms with van der Waals surface area (Å²) in [5.41, 5.74) is 4.52. The van der Waals surface area contributed by atoms with E-state index < -0.39 is 6.10 Å². The molecular formula is C28H33NO6. The van der Waals surface area contributed by atoms with E-state index in [0.29, 0.717) is 62.5 Å². The van der Waals surface area contributed by atoms with Crippen LogP contribution in [-0.2, 0) is 30.5 Å². The number of ketones is 1. The van der Waals surface area contributed by atoms with Gasteiger partial charge in [0.05, 0.1) is 25.4 Å². The van der Waals surface area contributed by atoms with Gasteiger partial charge in [-0.3, -0.25) is 10.1 Å². The van der Waals surface area contributed by atoms with Crippen LogP contribution in [0.1, 0.15) is 53.5 Å². The maximum absolute atomic E-state index is 12.6. The van der Waals surface area contributed by atoms with E-state index in [1.54, 1.807) is 12.1 Å². The Morgan fingerprint density at radius 3 is 2.80 bits per heavy atom. The van der Waals surface area contributed by atoms with Crippen LogP contribution >= 0.6 is 0 Å². The van der Waals surface area contributed by atoms with Gasteiger partial charge in [-0.1, -0.05) is 24.0 Å². The van der Waals surface area contributed by atoms with E-state index in [2.05, 4.69) is 23.2 Å². The minimum absolute atomic E-state index is 0.000174. The molecule has 7 nitrogen and oxygen atoms in total. The van der Waals surface area contributed by atoms with Crippen molar-refractivity contribution in [2.75, 3.05) is 27.5 Å². The molecule has 0 radical (unpaired) electrons. The van der Waals surface area contributed by atoms with Crippen LogP contribution in [0.5, 0.6) is 23.0 Å². The van der Waals surface area contributed by atoms with Crippen LogP contribution in [-0.4, -0.2) is 49.6 Å². The summed E-state index contributed by atoms with van der Waals surface area (Å²) < 4.78 is 17.6. The topological polar surface area (TPSA) is 97.2 Å². The molecule has 2 aliphatic rings. The first-order chi connectivity index (χ1) is 17.0. The molecule has 1 heterocycles. The van der Waals surface area contributed by atoms with E-state index in [9.17, 15) is 15.0 Å². The summed E-state index contributed by atoms with van der Waals surface area (Å²) in [6, 6.07) is 5.43. The monoisotopic (exact) mass is 479 g/mol. The van der Waals surface area contributed by atoms with Crippen LogP contribution in [0.2, 0.25) is 0 Å². The number of benzene rings is 2. The molecule has 2 aromatic carbocycles. The molecule has 0 spiro atoms. The Morgan fingerprint density at radius 1 is 1.14 bits per heavy atom. The fourth-order valence-electron chi connectivity index (χ4n) is 4.75. The number of Topliss-reactive ketones (excluding diaryl/α,β-unsaturated/α-hetero) is 1. The van der Waals surface area contributed by atoms with E-state index in [1.807, 2.05) is 7.05 Å². The number of hydrogen-bond acceptors (Lipinski definition) is 7. The quantitative estimate of drug-likeness (QED) is 0.458. The van der Waals surface area contributed by atoms with Crippen molar-refractivity contribution in [2.45, 2.75) is 57.5 Å². The molecule has 0 saturated heterocycles. The summed E-state index contributed by atoms with van der Waals surface area (Å²) in [7, 11) is 3.31. The van der Waals surface area contributed by atoms with Crippen LogP contribution in [0.25, 0.3) is 0 Å². The minimum Gasteiger partial charge on any atom is -0.504 e. The molecule has 7 heteroatoms. The number of hydrogen-bond donors (Lipinski definition) is 3. The second-order valence-corrected chi connectivity index (χ2v) is 8.99. The van der Waals surface area contributed by atoms with Crippen LogP contribution in [0.15, 0.2) is 18.2 Å². The predicted molar refractivity (Wildman–Crippen MR) is 132 cm³/mol. The molecule has 0 aromatic heterocycles. The summed E-state index contributed by atoms with van der Waals surface area (Å²) in [5.74, 6) is 8.16. The zero-order valence-electron chi connectivity index (χ0n) is 20.4. The molecule has 1 aliphatic heterocycles.